The van der Waals surface area contributed by atoms with E-state index in [4.69, 9.17) is 0 Å². The van der Waals surface area contributed by atoms with E-state index in [9.17, 15) is 9.59 Å². The van der Waals surface area contributed by atoms with Gasteiger partial charge in [0, 0.05) is 0 Å². The van der Waals surface area contributed by atoms with Gasteiger partial charge in [-0.05, 0) is 44.3 Å². The van der Waals surface area contributed by atoms with Gasteiger partial charge in [-0.25, -0.2) is 0 Å². The predicted octanol–water partition coefficient (Wildman–Crippen LogP) is 2.87. The Morgan fingerprint density at radius 2 is 1.71 bits per heavy atom. The van der Waals surface area contributed by atoms with Crippen LogP contribution in [0.3, 0.4) is 0 Å². The molecule has 1 aromatic rings. The van der Waals surface area contributed by atoms with Crippen LogP contribution in [0, 0.1) is 6.92 Å². The first-order valence-electron chi connectivity index (χ1n) is 4.97. The first-order chi connectivity index (χ1) is 8.00. The van der Waals surface area contributed by atoms with E-state index in [2.05, 4.69) is 31.9 Å². The molecular weight excluding hydrogens is 350 g/mol. The number of amides is 2. The van der Waals surface area contributed by atoms with Crippen LogP contribution in [0.15, 0.2) is 33.2 Å². The van der Waals surface area contributed by atoms with Crippen molar-refractivity contribution in [2.45, 2.75) is 13.5 Å². The number of rotatable bonds is 2. The van der Waals surface area contributed by atoms with E-state index in [1.807, 2.05) is 31.2 Å². The number of halogens is 2. The van der Waals surface area contributed by atoms with Gasteiger partial charge in [0.05, 0.1) is 6.54 Å². The minimum atomic E-state index is -0.302. The highest BCUT2D eigenvalue weighted by Gasteiger charge is 2.35. The molecule has 0 atom stereocenters. The molecule has 0 spiro atoms. The van der Waals surface area contributed by atoms with Gasteiger partial charge < -0.3 is 0 Å². The van der Waals surface area contributed by atoms with E-state index in [1.165, 1.54) is 4.90 Å². The summed E-state index contributed by atoms with van der Waals surface area (Å²) >= 11 is 6.20. The minimum absolute atomic E-state index is 0.287. The Kier molecular flexibility index (Phi) is 3.49. The molecule has 2 rings (SSSR count). The Morgan fingerprint density at radius 3 is 2.24 bits per heavy atom. The summed E-state index contributed by atoms with van der Waals surface area (Å²) in [6.07, 6.45) is 0. The SMILES string of the molecule is Cc1cccc(CN2C(=O)C(Br)=C(Br)C2=O)c1. The molecule has 1 aromatic carbocycles. The maximum Gasteiger partial charge on any atom is 0.269 e. The van der Waals surface area contributed by atoms with Crippen molar-refractivity contribution in [3.63, 3.8) is 0 Å². The zero-order valence-electron chi connectivity index (χ0n) is 9.04. The lowest BCUT2D eigenvalue weighted by molar-refractivity contribution is -0.137. The lowest BCUT2D eigenvalue weighted by atomic mass is 10.1. The summed E-state index contributed by atoms with van der Waals surface area (Å²) in [6.45, 7) is 2.27. The molecule has 1 aliphatic rings. The van der Waals surface area contributed by atoms with Crippen molar-refractivity contribution in [2.24, 2.45) is 0 Å². The first kappa shape index (κ1) is 12.5. The van der Waals surface area contributed by atoms with Gasteiger partial charge in [-0.15, -0.1) is 0 Å². The molecule has 0 radical (unpaired) electrons. The lowest BCUT2D eigenvalue weighted by Gasteiger charge is -2.14. The molecule has 88 valence electrons. The largest absolute Gasteiger partial charge is 0.269 e. The average Bonchev–Trinajstić information content (AvgIpc) is 2.47. The van der Waals surface area contributed by atoms with E-state index in [0.717, 1.165) is 11.1 Å². The van der Waals surface area contributed by atoms with Crippen LogP contribution in [0.4, 0.5) is 0 Å². The van der Waals surface area contributed by atoms with Crippen molar-refractivity contribution in [3.05, 3.63) is 44.4 Å². The molecule has 2 amide bonds. The molecule has 0 saturated carbocycles. The molecule has 17 heavy (non-hydrogen) atoms. The van der Waals surface area contributed by atoms with Crippen molar-refractivity contribution < 1.29 is 9.59 Å². The highest BCUT2D eigenvalue weighted by Crippen LogP contribution is 2.30. The van der Waals surface area contributed by atoms with Crippen molar-refractivity contribution in [3.8, 4) is 0 Å². The number of hydrogen-bond acceptors (Lipinski definition) is 2. The van der Waals surface area contributed by atoms with E-state index in [0.29, 0.717) is 6.54 Å². The van der Waals surface area contributed by atoms with Crippen LogP contribution >= 0.6 is 31.9 Å². The van der Waals surface area contributed by atoms with E-state index in [-0.39, 0.29) is 20.8 Å². The molecule has 0 aliphatic carbocycles. The number of imide groups is 1. The number of nitrogens with zero attached hydrogens (tertiary/aromatic N) is 1. The molecule has 0 fully saturated rings. The third-order valence-electron chi connectivity index (χ3n) is 2.48. The molecule has 0 saturated heterocycles. The van der Waals surface area contributed by atoms with Gasteiger partial charge >= 0.3 is 0 Å². The zero-order chi connectivity index (χ0) is 12.6. The van der Waals surface area contributed by atoms with Crippen LogP contribution < -0.4 is 0 Å². The average molecular weight is 359 g/mol. The van der Waals surface area contributed by atoms with Crippen molar-refractivity contribution in [2.75, 3.05) is 0 Å². The van der Waals surface area contributed by atoms with Crippen LogP contribution in [0.25, 0.3) is 0 Å². The Morgan fingerprint density at radius 1 is 1.12 bits per heavy atom. The van der Waals surface area contributed by atoms with Gasteiger partial charge in [0.1, 0.15) is 8.96 Å². The number of carbonyl (C=O) groups is 2. The van der Waals surface area contributed by atoms with Gasteiger partial charge in [0.15, 0.2) is 0 Å². The van der Waals surface area contributed by atoms with Gasteiger partial charge in [-0.2, -0.15) is 0 Å². The topological polar surface area (TPSA) is 37.4 Å². The highest BCUT2D eigenvalue weighted by atomic mass is 79.9. The Hall–Kier alpha value is -0.940. The lowest BCUT2D eigenvalue weighted by Crippen LogP contribution is -2.30. The predicted molar refractivity (Wildman–Crippen MR) is 71.6 cm³/mol. The molecule has 1 heterocycles. The fraction of sp³-hybridized carbons (Fsp3) is 0.167. The van der Waals surface area contributed by atoms with Gasteiger partial charge in [-0.3, -0.25) is 14.5 Å². The number of benzene rings is 1. The summed E-state index contributed by atoms with van der Waals surface area (Å²) in [5.74, 6) is -0.605. The second-order valence-corrected chi connectivity index (χ2v) is 5.40. The van der Waals surface area contributed by atoms with Crippen LogP contribution in [-0.2, 0) is 16.1 Å². The molecule has 3 nitrogen and oxygen atoms in total. The third kappa shape index (κ3) is 2.35. The van der Waals surface area contributed by atoms with Crippen molar-refractivity contribution >= 4 is 43.7 Å². The molecule has 0 bridgehead atoms. The summed E-state index contributed by atoms with van der Waals surface area (Å²) in [6, 6.07) is 7.74. The Bertz CT molecular complexity index is 513. The standard InChI is InChI=1S/C12H9Br2NO2/c1-7-3-2-4-8(5-7)6-15-11(16)9(13)10(14)12(15)17/h2-5H,6H2,1H3. The van der Waals surface area contributed by atoms with Gasteiger partial charge in [-0.1, -0.05) is 29.8 Å². The highest BCUT2D eigenvalue weighted by molar-refractivity contribution is 9.14. The van der Waals surface area contributed by atoms with Gasteiger partial charge in [0.2, 0.25) is 0 Å². The summed E-state index contributed by atoms with van der Waals surface area (Å²) in [5.41, 5.74) is 2.04. The molecule has 0 unspecified atom stereocenters. The zero-order valence-corrected chi connectivity index (χ0v) is 12.2. The third-order valence-corrected chi connectivity index (χ3v) is 4.49. The van der Waals surface area contributed by atoms with Crippen LogP contribution in [0.1, 0.15) is 11.1 Å². The monoisotopic (exact) mass is 357 g/mol. The van der Waals surface area contributed by atoms with Crippen molar-refractivity contribution in [1.29, 1.82) is 0 Å². The molecule has 0 aromatic heterocycles. The number of hydrogen-bond donors (Lipinski definition) is 0. The van der Waals surface area contributed by atoms with E-state index < -0.39 is 0 Å². The number of aryl methyl sites for hydroxylation is 1. The Balaban J connectivity index is 2.22. The fourth-order valence-electron chi connectivity index (χ4n) is 1.65. The summed E-state index contributed by atoms with van der Waals surface area (Å²) < 4.78 is 0.574. The minimum Gasteiger partial charge on any atom is -0.269 e. The van der Waals surface area contributed by atoms with Crippen molar-refractivity contribution in [1.82, 2.24) is 4.90 Å². The molecule has 5 heteroatoms. The second-order valence-electron chi connectivity index (χ2n) is 3.81. The first-order valence-corrected chi connectivity index (χ1v) is 6.56. The second kappa shape index (κ2) is 4.74. The summed E-state index contributed by atoms with van der Waals surface area (Å²) in [7, 11) is 0. The van der Waals surface area contributed by atoms with Gasteiger partial charge in [0.25, 0.3) is 11.8 Å². The normalized spacial score (nSPS) is 16.1. The van der Waals surface area contributed by atoms with Crippen LogP contribution in [0.5, 0.6) is 0 Å². The Labute approximate surface area is 116 Å². The quantitative estimate of drug-likeness (QED) is 0.762. The summed E-state index contributed by atoms with van der Waals surface area (Å²) in [4.78, 5) is 24.8. The van der Waals surface area contributed by atoms with E-state index >= 15 is 0 Å². The maximum absolute atomic E-state index is 11.8. The van der Waals surface area contributed by atoms with Crippen LogP contribution in [-0.4, -0.2) is 16.7 Å². The number of carbonyl (C=O) groups excluding carboxylic acids is 2. The summed E-state index contributed by atoms with van der Waals surface area (Å²) in [5, 5.41) is 0. The van der Waals surface area contributed by atoms with E-state index in [1.54, 1.807) is 0 Å². The molecule has 1 aliphatic heterocycles. The molecule has 0 N–H and O–H groups in total. The molecular formula is C12H9Br2NO2. The maximum atomic E-state index is 11.8. The smallest absolute Gasteiger partial charge is 0.269 e. The fourth-order valence-corrected chi connectivity index (χ4v) is 2.42. The van der Waals surface area contributed by atoms with Crippen LogP contribution in [0.2, 0.25) is 0 Å².